The van der Waals surface area contributed by atoms with Gasteiger partial charge in [-0.3, -0.25) is 9.88 Å². The fourth-order valence-corrected chi connectivity index (χ4v) is 2.96. The van der Waals surface area contributed by atoms with Crippen molar-refractivity contribution in [2.24, 2.45) is 5.73 Å². The topological polar surface area (TPSA) is 60.6 Å². The third-order valence-electron chi connectivity index (χ3n) is 4.17. The van der Waals surface area contributed by atoms with Gasteiger partial charge < -0.3 is 15.2 Å². The minimum atomic E-state index is 0.0884. The number of likely N-dealkylation sites (tertiary alicyclic amines) is 1. The molecule has 2 heterocycles. The lowest BCUT2D eigenvalue weighted by Crippen LogP contribution is -2.40. The summed E-state index contributed by atoms with van der Waals surface area (Å²) in [6, 6.07) is 4.36. The Morgan fingerprint density at radius 1 is 1.25 bits per heavy atom. The van der Waals surface area contributed by atoms with Gasteiger partial charge in [0.05, 0.1) is 18.2 Å². The van der Waals surface area contributed by atoms with Gasteiger partial charge in [-0.05, 0) is 24.1 Å². The maximum atomic E-state index is 6.36. The molecule has 1 aliphatic heterocycles. The molecule has 0 amide bonds. The van der Waals surface area contributed by atoms with Crippen LogP contribution in [0.2, 0.25) is 0 Å². The van der Waals surface area contributed by atoms with E-state index in [2.05, 4.69) is 16.8 Å². The molecule has 1 aromatic rings. The molecular weight excluding hydrogens is 254 g/mol. The zero-order valence-electron chi connectivity index (χ0n) is 12.5. The Balaban J connectivity index is 2.20. The van der Waals surface area contributed by atoms with Gasteiger partial charge in [-0.25, -0.2) is 0 Å². The first-order valence-electron chi connectivity index (χ1n) is 7.16. The number of nitrogens with two attached hydrogens (primary N) is 1. The summed E-state index contributed by atoms with van der Waals surface area (Å²) in [4.78, 5) is 6.46. The van der Waals surface area contributed by atoms with Crippen LogP contribution in [-0.2, 0) is 9.47 Å². The SMILES string of the molecule is CCC(N)C(c1ccncc1)N1CC(OC)C(OC)C1. The van der Waals surface area contributed by atoms with Gasteiger partial charge in [-0.15, -0.1) is 0 Å². The van der Waals surface area contributed by atoms with E-state index in [4.69, 9.17) is 15.2 Å². The summed E-state index contributed by atoms with van der Waals surface area (Å²) in [5.74, 6) is 0. The Kier molecular flexibility index (Phi) is 5.48. The monoisotopic (exact) mass is 279 g/mol. The van der Waals surface area contributed by atoms with Gasteiger partial charge in [0.1, 0.15) is 0 Å². The summed E-state index contributed by atoms with van der Waals surface area (Å²) in [6.45, 7) is 3.81. The Bertz CT molecular complexity index is 389. The summed E-state index contributed by atoms with van der Waals surface area (Å²) in [5, 5.41) is 0. The van der Waals surface area contributed by atoms with Gasteiger partial charge in [-0.1, -0.05) is 6.92 Å². The van der Waals surface area contributed by atoms with Crippen LogP contribution in [0.4, 0.5) is 0 Å². The molecule has 1 aromatic heterocycles. The Labute approximate surface area is 121 Å². The van der Waals surface area contributed by atoms with Crippen molar-refractivity contribution >= 4 is 0 Å². The minimum absolute atomic E-state index is 0.0884. The third-order valence-corrected chi connectivity index (χ3v) is 4.17. The summed E-state index contributed by atoms with van der Waals surface area (Å²) in [5.41, 5.74) is 7.57. The predicted molar refractivity (Wildman–Crippen MR) is 78.4 cm³/mol. The van der Waals surface area contributed by atoms with Gasteiger partial charge in [0.25, 0.3) is 0 Å². The van der Waals surface area contributed by atoms with Crippen LogP contribution in [0.1, 0.15) is 24.9 Å². The van der Waals surface area contributed by atoms with Gasteiger partial charge in [0, 0.05) is 45.7 Å². The highest BCUT2D eigenvalue weighted by atomic mass is 16.5. The molecule has 0 radical (unpaired) electrons. The molecule has 0 aromatic carbocycles. The molecule has 4 unspecified atom stereocenters. The van der Waals surface area contributed by atoms with Crippen molar-refractivity contribution in [2.45, 2.75) is 37.6 Å². The molecule has 0 bridgehead atoms. The number of aromatic nitrogens is 1. The molecule has 20 heavy (non-hydrogen) atoms. The van der Waals surface area contributed by atoms with Gasteiger partial charge >= 0.3 is 0 Å². The molecule has 1 saturated heterocycles. The van der Waals surface area contributed by atoms with Crippen molar-refractivity contribution in [3.8, 4) is 0 Å². The van der Waals surface area contributed by atoms with Crippen LogP contribution in [0, 0.1) is 0 Å². The number of pyridine rings is 1. The predicted octanol–water partition coefficient (Wildman–Crippen LogP) is 1.21. The van der Waals surface area contributed by atoms with E-state index < -0.39 is 0 Å². The molecule has 1 aliphatic rings. The summed E-state index contributed by atoms with van der Waals surface area (Å²) >= 11 is 0. The first-order valence-corrected chi connectivity index (χ1v) is 7.16. The molecule has 5 heteroatoms. The Morgan fingerprint density at radius 3 is 2.25 bits per heavy atom. The van der Waals surface area contributed by atoms with Crippen molar-refractivity contribution in [2.75, 3.05) is 27.3 Å². The molecular formula is C15H25N3O2. The van der Waals surface area contributed by atoms with Crippen LogP contribution in [0.3, 0.4) is 0 Å². The molecule has 112 valence electrons. The fraction of sp³-hybridized carbons (Fsp3) is 0.667. The second-order valence-corrected chi connectivity index (χ2v) is 5.30. The molecule has 0 spiro atoms. The van der Waals surface area contributed by atoms with Crippen molar-refractivity contribution in [3.05, 3.63) is 30.1 Å². The van der Waals surface area contributed by atoms with Crippen molar-refractivity contribution in [1.82, 2.24) is 9.88 Å². The molecule has 2 rings (SSSR count). The number of nitrogens with zero attached hydrogens (tertiary/aromatic N) is 2. The molecule has 5 nitrogen and oxygen atoms in total. The van der Waals surface area contributed by atoms with Crippen LogP contribution in [-0.4, -0.2) is 55.4 Å². The standard InChI is InChI=1S/C15H25N3O2/c1-4-12(16)15(11-5-7-17-8-6-11)18-9-13(19-2)14(10-18)20-3/h5-8,12-15H,4,9-10,16H2,1-3H3. The first-order chi connectivity index (χ1) is 9.71. The highest BCUT2D eigenvalue weighted by Gasteiger charge is 2.38. The van der Waals surface area contributed by atoms with Crippen LogP contribution in [0.5, 0.6) is 0 Å². The lowest BCUT2D eigenvalue weighted by molar-refractivity contribution is -0.00461. The van der Waals surface area contributed by atoms with Gasteiger partial charge in [0.2, 0.25) is 0 Å². The second kappa shape index (κ2) is 7.13. The summed E-state index contributed by atoms with van der Waals surface area (Å²) in [7, 11) is 3.47. The largest absolute Gasteiger partial charge is 0.377 e. The molecule has 0 aliphatic carbocycles. The van der Waals surface area contributed by atoms with Crippen molar-refractivity contribution in [1.29, 1.82) is 0 Å². The maximum Gasteiger partial charge on any atom is 0.0972 e. The van der Waals surface area contributed by atoms with E-state index in [1.807, 2.05) is 24.5 Å². The highest BCUT2D eigenvalue weighted by molar-refractivity contribution is 5.18. The summed E-state index contributed by atoms with van der Waals surface area (Å²) in [6.07, 6.45) is 4.78. The number of methoxy groups -OCH3 is 2. The van der Waals surface area contributed by atoms with E-state index >= 15 is 0 Å². The molecule has 1 fully saturated rings. The fourth-order valence-electron chi connectivity index (χ4n) is 2.96. The van der Waals surface area contributed by atoms with Crippen molar-refractivity contribution < 1.29 is 9.47 Å². The quantitative estimate of drug-likeness (QED) is 0.848. The van der Waals surface area contributed by atoms with E-state index in [-0.39, 0.29) is 24.3 Å². The van der Waals surface area contributed by atoms with E-state index in [1.165, 1.54) is 5.56 Å². The Hall–Kier alpha value is -1.01. The number of ether oxygens (including phenoxy) is 2. The first kappa shape index (κ1) is 15.4. The molecule has 4 atom stereocenters. The van der Waals surface area contributed by atoms with Gasteiger partial charge in [-0.2, -0.15) is 0 Å². The average Bonchev–Trinajstić information content (AvgIpc) is 2.91. The van der Waals surface area contributed by atoms with E-state index in [1.54, 1.807) is 14.2 Å². The van der Waals surface area contributed by atoms with Crippen molar-refractivity contribution in [3.63, 3.8) is 0 Å². The number of hydrogen-bond donors (Lipinski definition) is 1. The smallest absolute Gasteiger partial charge is 0.0972 e. The van der Waals surface area contributed by atoms with E-state index in [0.29, 0.717) is 0 Å². The number of hydrogen-bond acceptors (Lipinski definition) is 5. The Morgan fingerprint density at radius 2 is 1.80 bits per heavy atom. The minimum Gasteiger partial charge on any atom is -0.377 e. The molecule has 0 saturated carbocycles. The van der Waals surface area contributed by atoms with Crippen LogP contribution >= 0.6 is 0 Å². The molecule has 2 N–H and O–H groups in total. The van der Waals surface area contributed by atoms with Gasteiger partial charge in [0.15, 0.2) is 0 Å². The maximum absolute atomic E-state index is 6.36. The highest BCUT2D eigenvalue weighted by Crippen LogP contribution is 2.30. The third kappa shape index (κ3) is 3.17. The van der Waals surface area contributed by atoms with Crippen LogP contribution in [0.15, 0.2) is 24.5 Å². The normalized spacial score (nSPS) is 26.6. The van der Waals surface area contributed by atoms with E-state index in [0.717, 1.165) is 19.5 Å². The lowest BCUT2D eigenvalue weighted by Gasteiger charge is -2.32. The van der Waals surface area contributed by atoms with E-state index in [9.17, 15) is 0 Å². The number of rotatable bonds is 6. The summed E-state index contributed by atoms with van der Waals surface area (Å²) < 4.78 is 11.0. The average molecular weight is 279 g/mol. The zero-order valence-corrected chi connectivity index (χ0v) is 12.5. The van der Waals surface area contributed by atoms with Crippen LogP contribution < -0.4 is 5.73 Å². The lowest BCUT2D eigenvalue weighted by atomic mass is 9.97. The second-order valence-electron chi connectivity index (χ2n) is 5.30. The van der Waals surface area contributed by atoms with Crippen LogP contribution in [0.25, 0.3) is 0 Å². The zero-order chi connectivity index (χ0) is 14.5.